The van der Waals surface area contributed by atoms with Gasteiger partial charge in [-0.1, -0.05) is 28.9 Å². The first-order valence-corrected chi connectivity index (χ1v) is 7.74. The summed E-state index contributed by atoms with van der Waals surface area (Å²) < 4.78 is 1.07. The summed E-state index contributed by atoms with van der Waals surface area (Å²) in [7, 11) is 0. The molecule has 0 bridgehead atoms. The lowest BCUT2D eigenvalue weighted by molar-refractivity contribution is 0.239. The molecule has 1 aliphatic heterocycles. The van der Waals surface area contributed by atoms with Crippen molar-refractivity contribution < 1.29 is 0 Å². The summed E-state index contributed by atoms with van der Waals surface area (Å²) >= 11 is 9.02. The van der Waals surface area contributed by atoms with Gasteiger partial charge in [0.15, 0.2) is 5.11 Å². The van der Waals surface area contributed by atoms with Gasteiger partial charge in [-0.25, -0.2) is 0 Å². The molecule has 18 heavy (non-hydrogen) atoms. The molecule has 0 unspecified atom stereocenters. The molecule has 2 nitrogen and oxygen atoms in total. The van der Waals surface area contributed by atoms with Crippen LogP contribution in [0.4, 0.5) is 5.69 Å². The van der Waals surface area contributed by atoms with Crippen molar-refractivity contribution in [3.05, 3.63) is 28.7 Å². The molecule has 1 fully saturated rings. The van der Waals surface area contributed by atoms with Crippen LogP contribution >= 0.6 is 28.1 Å². The molecule has 1 aromatic carbocycles. The van der Waals surface area contributed by atoms with Crippen molar-refractivity contribution >= 4 is 38.9 Å². The smallest absolute Gasteiger partial charge is 0.173 e. The van der Waals surface area contributed by atoms with Crippen molar-refractivity contribution in [2.75, 3.05) is 11.9 Å². The first kappa shape index (κ1) is 13.8. The van der Waals surface area contributed by atoms with Gasteiger partial charge in [-0.15, -0.1) is 0 Å². The second-order valence-electron chi connectivity index (χ2n) is 4.69. The van der Waals surface area contributed by atoms with Gasteiger partial charge in [0.2, 0.25) is 0 Å². The molecule has 0 radical (unpaired) electrons. The number of piperidine rings is 1. The Bertz CT molecular complexity index is 422. The predicted molar refractivity (Wildman–Crippen MR) is 85.0 cm³/mol. The van der Waals surface area contributed by atoms with Crippen LogP contribution in [0, 0.1) is 0 Å². The van der Waals surface area contributed by atoms with Crippen LogP contribution in [0.3, 0.4) is 0 Å². The molecule has 2 rings (SSSR count). The maximum Gasteiger partial charge on any atom is 0.173 e. The third kappa shape index (κ3) is 3.45. The van der Waals surface area contributed by atoms with Crippen LogP contribution in [0.1, 0.15) is 32.6 Å². The Morgan fingerprint density at radius 3 is 3.06 bits per heavy atom. The van der Waals surface area contributed by atoms with E-state index in [1.165, 1.54) is 25.7 Å². The minimum absolute atomic E-state index is 0.603. The van der Waals surface area contributed by atoms with E-state index in [1.807, 2.05) is 18.2 Å². The molecule has 0 aromatic heterocycles. The fraction of sp³-hybridized carbons (Fsp3) is 0.500. The number of thiocarbonyl (C=S) groups is 1. The Morgan fingerprint density at radius 1 is 1.50 bits per heavy atom. The van der Waals surface area contributed by atoms with Crippen LogP contribution in [0.2, 0.25) is 0 Å². The van der Waals surface area contributed by atoms with Crippen LogP contribution in [-0.2, 0) is 0 Å². The number of benzene rings is 1. The van der Waals surface area contributed by atoms with Crippen LogP contribution in [0.5, 0.6) is 0 Å². The van der Waals surface area contributed by atoms with E-state index in [2.05, 4.69) is 39.1 Å². The summed E-state index contributed by atoms with van der Waals surface area (Å²) in [6, 6.07) is 8.73. The van der Waals surface area contributed by atoms with E-state index in [4.69, 9.17) is 12.2 Å². The number of nitrogens with zero attached hydrogens (tertiary/aromatic N) is 1. The topological polar surface area (TPSA) is 15.3 Å². The SMILES string of the molecule is CC[C@@H]1CCCCN1C(=S)Nc1cccc(Br)c1. The fourth-order valence-corrected chi connectivity index (χ4v) is 3.21. The molecule has 0 saturated carbocycles. The fourth-order valence-electron chi connectivity index (χ4n) is 2.45. The summed E-state index contributed by atoms with van der Waals surface area (Å²) in [5, 5.41) is 4.20. The molecular weight excluding hydrogens is 308 g/mol. The average Bonchev–Trinajstić information content (AvgIpc) is 2.38. The lowest BCUT2D eigenvalue weighted by Crippen LogP contribution is -2.45. The molecule has 4 heteroatoms. The summed E-state index contributed by atoms with van der Waals surface area (Å²) in [4.78, 5) is 2.35. The minimum atomic E-state index is 0.603. The van der Waals surface area contributed by atoms with Gasteiger partial charge in [-0.2, -0.15) is 0 Å². The van der Waals surface area contributed by atoms with Gasteiger partial charge in [-0.05, 0) is 56.1 Å². The monoisotopic (exact) mass is 326 g/mol. The third-order valence-corrected chi connectivity index (χ3v) is 4.26. The van der Waals surface area contributed by atoms with Crippen molar-refractivity contribution in [2.45, 2.75) is 38.6 Å². The highest BCUT2D eigenvalue weighted by Gasteiger charge is 2.22. The van der Waals surface area contributed by atoms with Gasteiger partial charge in [-0.3, -0.25) is 0 Å². The van der Waals surface area contributed by atoms with E-state index in [0.29, 0.717) is 6.04 Å². The number of likely N-dealkylation sites (tertiary alicyclic amines) is 1. The van der Waals surface area contributed by atoms with Crippen molar-refractivity contribution in [1.82, 2.24) is 4.90 Å². The van der Waals surface area contributed by atoms with E-state index >= 15 is 0 Å². The highest BCUT2D eigenvalue weighted by atomic mass is 79.9. The highest BCUT2D eigenvalue weighted by Crippen LogP contribution is 2.22. The average molecular weight is 327 g/mol. The summed E-state index contributed by atoms with van der Waals surface area (Å²) in [6.45, 7) is 3.32. The molecule has 0 spiro atoms. The van der Waals surface area contributed by atoms with Gasteiger partial charge in [0.25, 0.3) is 0 Å². The Kier molecular flexibility index (Phi) is 5.01. The zero-order valence-electron chi connectivity index (χ0n) is 10.7. The maximum atomic E-state index is 5.54. The van der Waals surface area contributed by atoms with E-state index in [1.54, 1.807) is 0 Å². The molecule has 0 aliphatic carbocycles. The first-order chi connectivity index (χ1) is 8.70. The highest BCUT2D eigenvalue weighted by molar-refractivity contribution is 9.10. The molecule has 1 aromatic rings. The Morgan fingerprint density at radius 2 is 2.33 bits per heavy atom. The Balaban J connectivity index is 2.02. The number of nitrogens with one attached hydrogen (secondary N) is 1. The standard InChI is InChI=1S/C14H19BrN2S/c1-2-13-8-3-4-9-17(13)14(18)16-12-7-5-6-11(15)10-12/h5-7,10,13H,2-4,8-9H2,1H3,(H,16,18)/t13-/m1/s1. The van der Waals surface area contributed by atoms with Crippen molar-refractivity contribution in [1.29, 1.82) is 0 Å². The molecule has 1 N–H and O–H groups in total. The number of hydrogen-bond donors (Lipinski definition) is 1. The Hall–Kier alpha value is -0.610. The maximum absolute atomic E-state index is 5.54. The zero-order valence-corrected chi connectivity index (χ0v) is 13.1. The molecule has 98 valence electrons. The van der Waals surface area contributed by atoms with Crippen molar-refractivity contribution in [2.24, 2.45) is 0 Å². The van der Waals surface area contributed by atoms with Gasteiger partial charge in [0.1, 0.15) is 0 Å². The van der Waals surface area contributed by atoms with Gasteiger partial charge < -0.3 is 10.2 Å². The van der Waals surface area contributed by atoms with Gasteiger partial charge in [0.05, 0.1) is 0 Å². The van der Waals surface area contributed by atoms with Crippen LogP contribution < -0.4 is 5.32 Å². The summed E-state index contributed by atoms with van der Waals surface area (Å²) in [5.74, 6) is 0. The van der Waals surface area contributed by atoms with Crippen LogP contribution in [0.25, 0.3) is 0 Å². The lowest BCUT2D eigenvalue weighted by atomic mass is 10.0. The van der Waals surface area contributed by atoms with E-state index in [9.17, 15) is 0 Å². The third-order valence-electron chi connectivity index (χ3n) is 3.44. The van der Waals surface area contributed by atoms with E-state index in [0.717, 1.165) is 21.8 Å². The normalized spacial score (nSPS) is 19.7. The summed E-state index contributed by atoms with van der Waals surface area (Å²) in [5.41, 5.74) is 1.05. The summed E-state index contributed by atoms with van der Waals surface area (Å²) in [6.07, 6.45) is 5.00. The van der Waals surface area contributed by atoms with Crippen LogP contribution in [0.15, 0.2) is 28.7 Å². The second kappa shape index (κ2) is 6.53. The van der Waals surface area contributed by atoms with E-state index in [-0.39, 0.29) is 0 Å². The van der Waals surface area contributed by atoms with E-state index < -0.39 is 0 Å². The molecule has 1 atom stereocenters. The van der Waals surface area contributed by atoms with Crippen molar-refractivity contribution in [3.63, 3.8) is 0 Å². The number of anilines is 1. The van der Waals surface area contributed by atoms with Gasteiger partial charge in [0, 0.05) is 22.7 Å². The predicted octanol–water partition coefficient (Wildman–Crippen LogP) is 4.41. The molecule has 0 amide bonds. The number of halogens is 1. The lowest BCUT2D eigenvalue weighted by Gasteiger charge is -2.37. The number of rotatable bonds is 2. The van der Waals surface area contributed by atoms with Crippen molar-refractivity contribution in [3.8, 4) is 0 Å². The largest absolute Gasteiger partial charge is 0.346 e. The molecular formula is C14H19BrN2S. The van der Waals surface area contributed by atoms with Crippen LogP contribution in [-0.4, -0.2) is 22.6 Å². The van der Waals surface area contributed by atoms with Gasteiger partial charge >= 0.3 is 0 Å². The first-order valence-electron chi connectivity index (χ1n) is 6.54. The quantitative estimate of drug-likeness (QED) is 0.810. The second-order valence-corrected chi connectivity index (χ2v) is 5.99. The Labute approximate surface area is 123 Å². The number of hydrogen-bond acceptors (Lipinski definition) is 1. The molecule has 1 heterocycles. The zero-order chi connectivity index (χ0) is 13.0. The molecule has 1 aliphatic rings. The minimum Gasteiger partial charge on any atom is -0.346 e. The molecule has 1 saturated heterocycles.